The van der Waals surface area contributed by atoms with Crippen LogP contribution in [0.5, 0.6) is 0 Å². The first-order chi connectivity index (χ1) is 4.67. The third-order valence-electron chi connectivity index (χ3n) is 1.98. The molecule has 1 aliphatic rings. The summed E-state index contributed by atoms with van der Waals surface area (Å²) in [5, 5.41) is -0.249. The van der Waals surface area contributed by atoms with E-state index in [1.807, 2.05) is 0 Å². The summed E-state index contributed by atoms with van der Waals surface area (Å²) >= 11 is 0. The van der Waals surface area contributed by atoms with Crippen LogP contribution in [0.3, 0.4) is 0 Å². The molecule has 1 heterocycles. The van der Waals surface area contributed by atoms with E-state index in [1.54, 1.807) is 0 Å². The molecule has 0 bridgehead atoms. The molecule has 2 N–H and O–H groups in total. The number of nitrogens with two attached hydrogens (primary N) is 1. The second-order valence-corrected chi connectivity index (χ2v) is 5.12. The normalized spacial score (nSPS) is 31.9. The van der Waals surface area contributed by atoms with E-state index in [4.69, 9.17) is 5.73 Å². The summed E-state index contributed by atoms with van der Waals surface area (Å²) in [4.78, 5) is 0. The van der Waals surface area contributed by atoms with Crippen LogP contribution in [-0.2, 0) is 9.84 Å². The van der Waals surface area contributed by atoms with E-state index in [1.165, 1.54) is 0 Å². The Balaban J connectivity index is 2.70. The highest BCUT2D eigenvalue weighted by Crippen LogP contribution is 2.17. The van der Waals surface area contributed by atoms with Crippen molar-refractivity contribution in [3.05, 3.63) is 0 Å². The molecule has 0 amide bonds. The predicted octanol–water partition coefficient (Wildman–Crippen LogP) is -0.0876. The van der Waals surface area contributed by atoms with Crippen LogP contribution in [0.15, 0.2) is 0 Å². The van der Waals surface area contributed by atoms with E-state index in [0.29, 0.717) is 12.3 Å². The van der Waals surface area contributed by atoms with Gasteiger partial charge in [-0.1, -0.05) is 6.42 Å². The molecule has 1 saturated heterocycles. The second kappa shape index (κ2) is 2.88. The maximum absolute atomic E-state index is 11.1. The zero-order valence-corrected chi connectivity index (χ0v) is 6.73. The van der Waals surface area contributed by atoms with Crippen molar-refractivity contribution in [3.8, 4) is 0 Å². The lowest BCUT2D eigenvalue weighted by molar-refractivity contribution is 0.541. The predicted molar refractivity (Wildman–Crippen MR) is 40.5 cm³/mol. The fourth-order valence-electron chi connectivity index (χ4n) is 1.29. The highest BCUT2D eigenvalue weighted by molar-refractivity contribution is 7.92. The monoisotopic (exact) mass is 163 g/mol. The van der Waals surface area contributed by atoms with Gasteiger partial charge in [-0.15, -0.1) is 0 Å². The van der Waals surface area contributed by atoms with Gasteiger partial charge in [0.05, 0.1) is 11.0 Å². The summed E-state index contributed by atoms with van der Waals surface area (Å²) in [6, 6.07) is 0. The van der Waals surface area contributed by atoms with Crippen molar-refractivity contribution in [3.63, 3.8) is 0 Å². The van der Waals surface area contributed by atoms with Gasteiger partial charge in [-0.2, -0.15) is 0 Å². The number of sulfone groups is 1. The molecule has 0 spiro atoms. The lowest BCUT2D eigenvalue weighted by Crippen LogP contribution is -2.34. The molecule has 0 radical (unpaired) electrons. The topological polar surface area (TPSA) is 60.2 Å². The summed E-state index contributed by atoms with van der Waals surface area (Å²) in [6.07, 6.45) is 2.60. The maximum atomic E-state index is 11.1. The molecule has 0 aromatic rings. The minimum atomic E-state index is -2.80. The van der Waals surface area contributed by atoms with Crippen LogP contribution in [0.4, 0.5) is 0 Å². The highest BCUT2D eigenvalue weighted by Gasteiger charge is 2.26. The van der Waals surface area contributed by atoms with Crippen molar-refractivity contribution in [1.82, 2.24) is 0 Å². The lowest BCUT2D eigenvalue weighted by Gasteiger charge is -2.19. The molecule has 10 heavy (non-hydrogen) atoms. The molecular weight excluding hydrogens is 150 g/mol. The first-order valence-corrected chi connectivity index (χ1v) is 5.30. The third kappa shape index (κ3) is 1.49. The maximum Gasteiger partial charge on any atom is 0.154 e. The van der Waals surface area contributed by atoms with Crippen LogP contribution in [0, 0.1) is 0 Å². The summed E-state index contributed by atoms with van der Waals surface area (Å²) in [6.45, 7) is 0.294. The summed E-state index contributed by atoms with van der Waals surface area (Å²) in [5.41, 5.74) is 5.30. The van der Waals surface area contributed by atoms with Crippen LogP contribution < -0.4 is 5.73 Å². The molecule has 1 fully saturated rings. The van der Waals surface area contributed by atoms with Gasteiger partial charge in [0.1, 0.15) is 0 Å². The van der Waals surface area contributed by atoms with Gasteiger partial charge in [0.25, 0.3) is 0 Å². The third-order valence-corrected chi connectivity index (χ3v) is 4.28. The molecule has 0 unspecified atom stereocenters. The van der Waals surface area contributed by atoms with Crippen molar-refractivity contribution < 1.29 is 8.42 Å². The Labute approximate surface area is 61.5 Å². The molecule has 0 aromatic carbocycles. The second-order valence-electron chi connectivity index (χ2n) is 2.72. The Morgan fingerprint density at radius 2 is 2.10 bits per heavy atom. The Hall–Kier alpha value is -0.0900. The number of rotatable bonds is 1. The van der Waals surface area contributed by atoms with Gasteiger partial charge in [0, 0.05) is 6.54 Å². The Morgan fingerprint density at radius 1 is 1.40 bits per heavy atom. The molecule has 1 rings (SSSR count). The average Bonchev–Trinajstić information content (AvgIpc) is 1.87. The fourth-order valence-corrected chi connectivity index (χ4v) is 3.04. The summed E-state index contributed by atoms with van der Waals surface area (Å²) < 4.78 is 22.3. The van der Waals surface area contributed by atoms with E-state index in [2.05, 4.69) is 0 Å². The molecule has 1 atom stereocenters. The number of hydrogen-bond acceptors (Lipinski definition) is 3. The van der Waals surface area contributed by atoms with E-state index in [-0.39, 0.29) is 5.25 Å². The van der Waals surface area contributed by atoms with E-state index in [9.17, 15) is 8.42 Å². The SMILES string of the molecule is NC[C@@H]1CCCCS1(=O)=O. The zero-order valence-electron chi connectivity index (χ0n) is 5.91. The Kier molecular flexibility index (Phi) is 2.31. The summed E-state index contributed by atoms with van der Waals surface area (Å²) in [7, 11) is -2.80. The largest absolute Gasteiger partial charge is 0.329 e. The van der Waals surface area contributed by atoms with Gasteiger partial charge in [0.15, 0.2) is 9.84 Å². The van der Waals surface area contributed by atoms with Crippen LogP contribution in [0.1, 0.15) is 19.3 Å². The van der Waals surface area contributed by atoms with E-state index in [0.717, 1.165) is 19.3 Å². The standard InChI is InChI=1S/C6H13NO2S/c7-5-6-3-1-2-4-10(6,8)9/h6H,1-5,7H2/t6-/m0/s1. The van der Waals surface area contributed by atoms with Crippen molar-refractivity contribution in [2.45, 2.75) is 24.5 Å². The minimum Gasteiger partial charge on any atom is -0.329 e. The highest BCUT2D eigenvalue weighted by atomic mass is 32.2. The smallest absolute Gasteiger partial charge is 0.154 e. The quantitative estimate of drug-likeness (QED) is 0.588. The van der Waals surface area contributed by atoms with Gasteiger partial charge in [-0.25, -0.2) is 8.42 Å². The zero-order chi connectivity index (χ0) is 7.61. The Bertz CT molecular complexity index is 198. The van der Waals surface area contributed by atoms with Crippen LogP contribution >= 0.6 is 0 Å². The first kappa shape index (κ1) is 8.01. The van der Waals surface area contributed by atoms with Gasteiger partial charge in [-0.3, -0.25) is 0 Å². The van der Waals surface area contributed by atoms with Gasteiger partial charge in [-0.05, 0) is 12.8 Å². The minimum absolute atomic E-state index is 0.249. The lowest BCUT2D eigenvalue weighted by atomic mass is 10.2. The van der Waals surface area contributed by atoms with Gasteiger partial charge < -0.3 is 5.73 Å². The molecule has 1 aliphatic heterocycles. The van der Waals surface area contributed by atoms with Crippen molar-refractivity contribution >= 4 is 9.84 Å². The first-order valence-electron chi connectivity index (χ1n) is 3.58. The molecule has 60 valence electrons. The summed E-state index contributed by atoms with van der Waals surface area (Å²) in [5.74, 6) is 0.342. The van der Waals surface area contributed by atoms with E-state index >= 15 is 0 Å². The van der Waals surface area contributed by atoms with E-state index < -0.39 is 9.84 Å². The van der Waals surface area contributed by atoms with Crippen molar-refractivity contribution in [2.24, 2.45) is 5.73 Å². The van der Waals surface area contributed by atoms with Crippen LogP contribution in [-0.4, -0.2) is 26.0 Å². The van der Waals surface area contributed by atoms with Crippen LogP contribution in [0.2, 0.25) is 0 Å². The molecule has 0 aromatic heterocycles. The molecular formula is C6H13NO2S. The number of hydrogen-bond donors (Lipinski definition) is 1. The molecule has 0 saturated carbocycles. The van der Waals surface area contributed by atoms with Crippen molar-refractivity contribution in [2.75, 3.05) is 12.3 Å². The fraction of sp³-hybridized carbons (Fsp3) is 1.00. The van der Waals surface area contributed by atoms with Crippen molar-refractivity contribution in [1.29, 1.82) is 0 Å². The van der Waals surface area contributed by atoms with Gasteiger partial charge >= 0.3 is 0 Å². The average molecular weight is 163 g/mol. The molecule has 4 heteroatoms. The van der Waals surface area contributed by atoms with Gasteiger partial charge in [0.2, 0.25) is 0 Å². The van der Waals surface area contributed by atoms with Crippen LogP contribution in [0.25, 0.3) is 0 Å². The molecule has 0 aliphatic carbocycles. The molecule has 3 nitrogen and oxygen atoms in total. The Morgan fingerprint density at radius 3 is 2.50 bits per heavy atom.